The predicted octanol–water partition coefficient (Wildman–Crippen LogP) is 4.14. The van der Waals surface area contributed by atoms with Crippen LogP contribution in [0.2, 0.25) is 5.02 Å². The Bertz CT molecular complexity index is 2110. The molecule has 4 aromatic rings. The minimum absolute atomic E-state index is 0.147. The van der Waals surface area contributed by atoms with E-state index in [1.807, 2.05) is 9.58 Å². The van der Waals surface area contributed by atoms with Crippen LogP contribution in [-0.2, 0) is 24.9 Å². The van der Waals surface area contributed by atoms with Gasteiger partial charge in [0.2, 0.25) is 0 Å². The Kier molecular flexibility index (Phi) is 7.25. The summed E-state index contributed by atoms with van der Waals surface area (Å²) in [6.07, 6.45) is 3.85. The molecule has 8 heterocycles. The monoisotopic (exact) mass is 716 g/mol. The number of nitrogen functional groups attached to an aromatic ring is 1. The third-order valence-electron chi connectivity index (χ3n) is 11.1. The summed E-state index contributed by atoms with van der Waals surface area (Å²) >= 11 is 8.42. The molecular formula is C33H34ClFN12O2S. The molecule has 258 valence electrons. The maximum Gasteiger partial charge on any atom is 0.320 e. The highest BCUT2D eigenvalue weighted by Crippen LogP contribution is 2.53. The van der Waals surface area contributed by atoms with Crippen molar-refractivity contribution in [3.63, 3.8) is 0 Å². The normalized spacial score (nSPS) is 23.7. The number of hydrogen-bond acceptors (Lipinski definition) is 14. The summed E-state index contributed by atoms with van der Waals surface area (Å²) in [6.45, 7) is 5.91. The van der Waals surface area contributed by atoms with Gasteiger partial charge in [-0.2, -0.15) is 30.6 Å². The van der Waals surface area contributed by atoms with Gasteiger partial charge in [0, 0.05) is 49.4 Å². The number of nitrogens with zero attached hydrogens (tertiary/aromatic N) is 11. The molecule has 5 aliphatic rings. The summed E-state index contributed by atoms with van der Waals surface area (Å²) in [4.78, 5) is 21.6. The summed E-state index contributed by atoms with van der Waals surface area (Å²) in [7, 11) is 0. The average molecular weight is 717 g/mol. The van der Waals surface area contributed by atoms with Gasteiger partial charge in [0.05, 0.1) is 28.4 Å². The molecule has 1 aliphatic carbocycles. The number of fused-ring (bicyclic) bond motifs is 4. The first-order valence-corrected chi connectivity index (χ1v) is 18.1. The summed E-state index contributed by atoms with van der Waals surface area (Å²) in [5.41, 5.74) is 8.72. The van der Waals surface area contributed by atoms with E-state index in [4.69, 9.17) is 41.7 Å². The molecule has 3 fully saturated rings. The lowest BCUT2D eigenvalue weighted by atomic mass is 9.74. The van der Waals surface area contributed by atoms with Crippen molar-refractivity contribution in [1.82, 2.24) is 34.8 Å². The lowest BCUT2D eigenvalue weighted by molar-refractivity contribution is 0.107. The van der Waals surface area contributed by atoms with E-state index in [1.54, 1.807) is 6.92 Å². The molecule has 2 N–H and O–H groups in total. The van der Waals surface area contributed by atoms with Crippen LogP contribution in [0.5, 0.6) is 6.01 Å². The molecule has 0 aromatic carbocycles. The van der Waals surface area contributed by atoms with Crippen molar-refractivity contribution in [2.45, 2.75) is 75.7 Å². The van der Waals surface area contributed by atoms with Crippen LogP contribution in [0, 0.1) is 29.6 Å². The second-order valence-electron chi connectivity index (χ2n) is 14.1. The Morgan fingerprint density at radius 3 is 2.64 bits per heavy atom. The van der Waals surface area contributed by atoms with Gasteiger partial charge < -0.3 is 24.8 Å². The summed E-state index contributed by atoms with van der Waals surface area (Å²) in [6, 6.07) is 4.89. The summed E-state index contributed by atoms with van der Waals surface area (Å²) < 4.78 is 28.3. The van der Waals surface area contributed by atoms with E-state index in [1.165, 1.54) is 16.2 Å². The minimum atomic E-state index is -0.891. The van der Waals surface area contributed by atoms with Gasteiger partial charge in [-0.25, -0.2) is 4.39 Å². The van der Waals surface area contributed by atoms with E-state index in [0.29, 0.717) is 96.4 Å². The lowest BCUT2D eigenvalue weighted by Crippen LogP contribution is -2.59. The molecule has 0 saturated carbocycles. The van der Waals surface area contributed by atoms with Crippen molar-refractivity contribution < 1.29 is 13.7 Å². The number of rotatable bonds is 6. The van der Waals surface area contributed by atoms with E-state index in [-0.39, 0.29) is 23.9 Å². The van der Waals surface area contributed by atoms with Crippen molar-refractivity contribution in [2.24, 2.45) is 0 Å². The van der Waals surface area contributed by atoms with Crippen molar-refractivity contribution in [3.8, 4) is 29.7 Å². The first kappa shape index (κ1) is 31.5. The maximum absolute atomic E-state index is 14.6. The largest absolute Gasteiger partial charge is 0.461 e. The predicted molar refractivity (Wildman–Crippen MR) is 182 cm³/mol. The number of halogens is 2. The Morgan fingerprint density at radius 1 is 1.08 bits per heavy atom. The van der Waals surface area contributed by atoms with Gasteiger partial charge in [0.15, 0.2) is 23.2 Å². The van der Waals surface area contributed by atoms with Gasteiger partial charge in [0.25, 0.3) is 5.89 Å². The van der Waals surface area contributed by atoms with Gasteiger partial charge in [-0.15, -0.1) is 11.3 Å². The van der Waals surface area contributed by atoms with Crippen molar-refractivity contribution >= 4 is 39.6 Å². The molecule has 1 spiro atoms. The Morgan fingerprint density at radius 2 is 1.88 bits per heavy atom. The van der Waals surface area contributed by atoms with Gasteiger partial charge in [-0.1, -0.05) is 16.8 Å². The fraction of sp³-hybridized carbons (Fsp3) is 0.545. The smallest absolute Gasteiger partial charge is 0.320 e. The molecule has 17 heteroatoms. The van der Waals surface area contributed by atoms with Crippen LogP contribution in [0.3, 0.4) is 0 Å². The van der Waals surface area contributed by atoms with Crippen molar-refractivity contribution in [1.29, 1.82) is 10.5 Å². The van der Waals surface area contributed by atoms with Crippen LogP contribution in [-0.4, -0.2) is 85.8 Å². The Balaban J connectivity index is 1.08. The highest BCUT2D eigenvalue weighted by atomic mass is 35.5. The maximum atomic E-state index is 14.6. The molecule has 1 unspecified atom stereocenters. The molecule has 14 nitrogen and oxygen atoms in total. The Hall–Kier alpha value is -4.51. The van der Waals surface area contributed by atoms with Crippen LogP contribution in [0.4, 0.5) is 21.0 Å². The molecule has 4 aromatic heterocycles. The third kappa shape index (κ3) is 4.76. The number of nitrogens with two attached hydrogens (primary N) is 1. The first-order valence-electron chi connectivity index (χ1n) is 16.9. The molecule has 0 amide bonds. The van der Waals surface area contributed by atoms with E-state index in [9.17, 15) is 14.9 Å². The minimum Gasteiger partial charge on any atom is -0.461 e. The molecule has 0 radical (unpaired) electrons. The highest BCUT2D eigenvalue weighted by Gasteiger charge is 2.53. The van der Waals surface area contributed by atoms with E-state index < -0.39 is 11.7 Å². The van der Waals surface area contributed by atoms with Gasteiger partial charge >= 0.3 is 6.01 Å². The van der Waals surface area contributed by atoms with Gasteiger partial charge in [-0.05, 0) is 51.1 Å². The SMILES string of the molecule is Cc1noc(-c2nn3c(c2Cl)CN(c2nc(OC[C@@]45CCCN4CC(F)C5)nc(N4CC5(CCc6sc(N)c(C#N)c65)C4)c2C#N)CCC3)n1. The number of aromatic nitrogens is 6. The fourth-order valence-corrected chi connectivity index (χ4v) is 10.3. The van der Waals surface area contributed by atoms with Crippen LogP contribution < -0.4 is 20.3 Å². The number of hydrogen-bond donors (Lipinski definition) is 1. The number of alkyl halides is 1. The lowest BCUT2D eigenvalue weighted by Gasteiger charge is -2.49. The topological polar surface area (TPSA) is 175 Å². The molecule has 0 bridgehead atoms. The molecule has 3 saturated heterocycles. The quantitative estimate of drug-likeness (QED) is 0.302. The van der Waals surface area contributed by atoms with Gasteiger partial charge in [0.1, 0.15) is 35.5 Å². The number of nitriles is 2. The van der Waals surface area contributed by atoms with E-state index in [0.717, 1.165) is 43.5 Å². The standard InChI is InChI=1S/C33H34ClFN12O2S/c1-18-39-30(49-43-18)26-25(34)22-14-44(7-3-9-47(22)42-26)28-21(12-37)29(41-31(40-28)48-17-33-5-2-8-46(33)13-19(35)10-33)45-15-32(16-45)6-4-23-24(32)20(11-36)27(38)50-23/h19H,2-10,13-17,38H2,1H3/t19?,33-/m0/s1. The van der Waals surface area contributed by atoms with Crippen LogP contribution in [0.1, 0.15) is 65.2 Å². The second-order valence-corrected chi connectivity index (χ2v) is 15.7. The molecule has 9 rings (SSSR count). The number of ether oxygens (including phenoxy) is 1. The van der Waals surface area contributed by atoms with Crippen LogP contribution in [0.25, 0.3) is 11.6 Å². The third-order valence-corrected chi connectivity index (χ3v) is 12.6. The first-order chi connectivity index (χ1) is 24.2. The molecular weight excluding hydrogens is 683 g/mol. The number of anilines is 3. The molecule has 2 atom stereocenters. The summed E-state index contributed by atoms with van der Waals surface area (Å²) in [5, 5.41) is 30.2. The Labute approximate surface area is 296 Å². The number of aryl methyl sites for hydroxylation is 3. The fourth-order valence-electron chi connectivity index (χ4n) is 8.85. The zero-order valence-corrected chi connectivity index (χ0v) is 29.0. The second kappa shape index (κ2) is 11.5. The van der Waals surface area contributed by atoms with Crippen LogP contribution >= 0.6 is 22.9 Å². The van der Waals surface area contributed by atoms with E-state index in [2.05, 4.69) is 32.1 Å². The zero-order chi connectivity index (χ0) is 34.4. The van der Waals surface area contributed by atoms with Crippen LogP contribution in [0.15, 0.2) is 4.52 Å². The number of thiophene rings is 1. The molecule has 50 heavy (non-hydrogen) atoms. The van der Waals surface area contributed by atoms with Crippen molar-refractivity contribution in [2.75, 3.05) is 54.9 Å². The molecule has 4 aliphatic heterocycles. The van der Waals surface area contributed by atoms with E-state index >= 15 is 0 Å². The summed E-state index contributed by atoms with van der Waals surface area (Å²) in [5.74, 6) is 1.64. The zero-order valence-electron chi connectivity index (χ0n) is 27.5. The van der Waals surface area contributed by atoms with Gasteiger partial charge in [-0.3, -0.25) is 9.58 Å². The average Bonchev–Trinajstić information content (AvgIpc) is 3.90. The van der Waals surface area contributed by atoms with Crippen molar-refractivity contribution in [3.05, 3.63) is 38.1 Å². The highest BCUT2D eigenvalue weighted by molar-refractivity contribution is 7.16.